The van der Waals surface area contributed by atoms with Gasteiger partial charge in [-0.15, -0.1) is 12.4 Å². The van der Waals surface area contributed by atoms with E-state index in [1.807, 2.05) is 24.3 Å². The van der Waals surface area contributed by atoms with E-state index in [1.54, 1.807) is 0 Å². The number of benzene rings is 1. The molecule has 1 aliphatic carbocycles. The largest absolute Gasteiger partial charge is 0.338 e. The van der Waals surface area contributed by atoms with Gasteiger partial charge >= 0.3 is 0 Å². The van der Waals surface area contributed by atoms with Crippen LogP contribution in [0.5, 0.6) is 0 Å². The van der Waals surface area contributed by atoms with Crippen molar-refractivity contribution < 1.29 is 4.52 Å². The van der Waals surface area contributed by atoms with Crippen molar-refractivity contribution in [2.24, 2.45) is 5.92 Å². The van der Waals surface area contributed by atoms with E-state index < -0.39 is 0 Å². The van der Waals surface area contributed by atoms with Gasteiger partial charge in [-0.3, -0.25) is 0 Å². The minimum atomic E-state index is 0. The summed E-state index contributed by atoms with van der Waals surface area (Å²) < 4.78 is 6.66. The van der Waals surface area contributed by atoms with Crippen molar-refractivity contribution in [3.05, 3.63) is 34.6 Å². The molecule has 0 spiro atoms. The van der Waals surface area contributed by atoms with Crippen LogP contribution in [-0.2, 0) is 5.41 Å². The molecule has 2 fully saturated rings. The maximum atomic E-state index is 5.63. The minimum absolute atomic E-state index is 0. The van der Waals surface area contributed by atoms with Crippen molar-refractivity contribution in [2.75, 3.05) is 13.1 Å². The summed E-state index contributed by atoms with van der Waals surface area (Å²) in [6.45, 7) is 2.05. The summed E-state index contributed by atoms with van der Waals surface area (Å²) in [5.74, 6) is 2.16. The lowest BCUT2D eigenvalue weighted by atomic mass is 9.80. The maximum Gasteiger partial charge on any atom is 0.234 e. The molecule has 1 saturated carbocycles. The lowest BCUT2D eigenvalue weighted by Gasteiger charge is -2.22. The molecule has 2 heterocycles. The number of hydrogen-bond donors (Lipinski definition) is 1. The Morgan fingerprint density at radius 3 is 3.14 bits per heavy atom. The predicted octanol–water partition coefficient (Wildman–Crippen LogP) is 3.56. The third-order valence-corrected chi connectivity index (χ3v) is 5.22. The molecular weight excluding hydrogens is 354 g/mol. The fourth-order valence-corrected chi connectivity index (χ4v) is 4.07. The number of aromatic nitrogens is 2. The third kappa shape index (κ3) is 2.41. The van der Waals surface area contributed by atoms with Gasteiger partial charge in [-0.1, -0.05) is 39.6 Å². The molecule has 6 heteroatoms. The van der Waals surface area contributed by atoms with Crippen LogP contribution in [0.1, 0.15) is 25.2 Å². The van der Waals surface area contributed by atoms with Crippen molar-refractivity contribution in [2.45, 2.75) is 24.7 Å². The third-order valence-electron chi connectivity index (χ3n) is 4.72. The molecule has 112 valence electrons. The summed E-state index contributed by atoms with van der Waals surface area (Å²) in [5.41, 5.74) is 1.07. The van der Waals surface area contributed by atoms with Crippen molar-refractivity contribution in [1.29, 1.82) is 0 Å². The minimum Gasteiger partial charge on any atom is -0.338 e. The molecule has 2 aromatic rings. The van der Waals surface area contributed by atoms with Gasteiger partial charge in [0.2, 0.25) is 11.7 Å². The Hall–Kier alpha value is -0.910. The average Bonchev–Trinajstić information content (AvgIpc) is 3.13. The molecular formula is C15H17BrClN3O. The van der Waals surface area contributed by atoms with Gasteiger partial charge in [0.25, 0.3) is 0 Å². The fraction of sp³-hybridized carbons (Fsp3) is 0.467. The fourth-order valence-electron chi connectivity index (χ4n) is 3.67. The van der Waals surface area contributed by atoms with E-state index in [-0.39, 0.29) is 17.8 Å². The standard InChI is InChI=1S/C15H16BrN3O.ClH/c16-12-5-1-3-10(7-12)13-18-14(20-19-13)15-6-2-4-11(15)8-17-9-15;/h1,3,5,7,11,17H,2,4,6,8-9H2;1H/t11-,15-;/m1./s1. The number of nitrogens with one attached hydrogen (secondary N) is 1. The second kappa shape index (κ2) is 5.71. The summed E-state index contributed by atoms with van der Waals surface area (Å²) in [6, 6.07) is 8.02. The highest BCUT2D eigenvalue weighted by Gasteiger charge is 2.51. The molecule has 0 radical (unpaired) electrons. The lowest BCUT2D eigenvalue weighted by molar-refractivity contribution is 0.265. The molecule has 1 aromatic heterocycles. The second-order valence-electron chi connectivity index (χ2n) is 5.81. The molecule has 2 aliphatic rings. The number of halogens is 2. The zero-order valence-electron chi connectivity index (χ0n) is 11.5. The smallest absolute Gasteiger partial charge is 0.234 e. The molecule has 4 nitrogen and oxygen atoms in total. The Kier molecular flexibility index (Phi) is 4.08. The Morgan fingerprint density at radius 2 is 2.29 bits per heavy atom. The van der Waals surface area contributed by atoms with Crippen LogP contribution >= 0.6 is 28.3 Å². The van der Waals surface area contributed by atoms with Crippen LogP contribution in [0.25, 0.3) is 11.4 Å². The van der Waals surface area contributed by atoms with E-state index >= 15 is 0 Å². The average molecular weight is 371 g/mol. The van der Waals surface area contributed by atoms with Crippen molar-refractivity contribution >= 4 is 28.3 Å². The summed E-state index contributed by atoms with van der Waals surface area (Å²) >= 11 is 3.48. The zero-order valence-corrected chi connectivity index (χ0v) is 13.9. The first-order chi connectivity index (χ1) is 9.78. The molecule has 4 rings (SSSR count). The molecule has 1 aliphatic heterocycles. The first-order valence-electron chi connectivity index (χ1n) is 7.09. The van der Waals surface area contributed by atoms with Gasteiger partial charge in [0.1, 0.15) is 0 Å². The molecule has 1 saturated heterocycles. The van der Waals surface area contributed by atoms with E-state index in [2.05, 4.69) is 26.4 Å². The highest BCUT2D eigenvalue weighted by atomic mass is 79.9. The van der Waals surface area contributed by atoms with Gasteiger partial charge in [0, 0.05) is 16.6 Å². The monoisotopic (exact) mass is 369 g/mol. The number of fused-ring (bicyclic) bond motifs is 1. The number of nitrogens with zero attached hydrogens (tertiary/aromatic N) is 2. The van der Waals surface area contributed by atoms with Crippen LogP contribution in [0, 0.1) is 5.92 Å². The maximum absolute atomic E-state index is 5.63. The van der Waals surface area contributed by atoms with Gasteiger partial charge in [0.05, 0.1) is 5.41 Å². The summed E-state index contributed by atoms with van der Waals surface area (Å²) in [7, 11) is 0. The van der Waals surface area contributed by atoms with Crippen LogP contribution < -0.4 is 5.32 Å². The Morgan fingerprint density at radius 1 is 1.38 bits per heavy atom. The molecule has 2 atom stereocenters. The van der Waals surface area contributed by atoms with Crippen LogP contribution in [0.15, 0.2) is 33.3 Å². The quantitative estimate of drug-likeness (QED) is 0.878. The van der Waals surface area contributed by atoms with Crippen LogP contribution in [-0.4, -0.2) is 23.2 Å². The van der Waals surface area contributed by atoms with Crippen LogP contribution in [0.2, 0.25) is 0 Å². The highest BCUT2D eigenvalue weighted by Crippen LogP contribution is 2.47. The highest BCUT2D eigenvalue weighted by molar-refractivity contribution is 9.10. The normalized spacial score (nSPS) is 27.4. The van der Waals surface area contributed by atoms with Crippen LogP contribution in [0.3, 0.4) is 0 Å². The Balaban J connectivity index is 0.00000132. The van der Waals surface area contributed by atoms with E-state index in [0.717, 1.165) is 35.4 Å². The molecule has 1 aromatic carbocycles. The topological polar surface area (TPSA) is 51.0 Å². The van der Waals surface area contributed by atoms with Gasteiger partial charge < -0.3 is 9.84 Å². The molecule has 0 bridgehead atoms. The van der Waals surface area contributed by atoms with Crippen molar-refractivity contribution in [3.8, 4) is 11.4 Å². The van der Waals surface area contributed by atoms with Gasteiger partial charge in [-0.25, -0.2) is 0 Å². The van der Waals surface area contributed by atoms with Gasteiger partial charge in [-0.05, 0) is 37.4 Å². The van der Waals surface area contributed by atoms with Crippen LogP contribution in [0.4, 0.5) is 0 Å². The number of hydrogen-bond acceptors (Lipinski definition) is 4. The molecule has 1 N–H and O–H groups in total. The van der Waals surface area contributed by atoms with Crippen molar-refractivity contribution in [3.63, 3.8) is 0 Å². The Bertz CT molecular complexity index is 635. The summed E-state index contributed by atoms with van der Waals surface area (Å²) in [5, 5.41) is 7.68. The summed E-state index contributed by atoms with van der Waals surface area (Å²) in [6.07, 6.45) is 3.69. The van der Waals surface area contributed by atoms with Crippen molar-refractivity contribution in [1.82, 2.24) is 15.5 Å². The van der Waals surface area contributed by atoms with E-state index in [9.17, 15) is 0 Å². The van der Waals surface area contributed by atoms with E-state index in [1.165, 1.54) is 12.8 Å². The van der Waals surface area contributed by atoms with E-state index in [0.29, 0.717) is 11.7 Å². The van der Waals surface area contributed by atoms with Gasteiger partial charge in [-0.2, -0.15) is 4.98 Å². The SMILES string of the molecule is Brc1cccc(-c2noc([C@@]34CCC[C@@H]3CNC4)n2)c1.Cl. The number of rotatable bonds is 2. The second-order valence-corrected chi connectivity index (χ2v) is 6.73. The molecule has 0 amide bonds. The zero-order chi connectivity index (χ0) is 13.6. The first kappa shape index (κ1) is 15.0. The molecule has 0 unspecified atom stereocenters. The summed E-state index contributed by atoms with van der Waals surface area (Å²) in [4.78, 5) is 4.70. The first-order valence-corrected chi connectivity index (χ1v) is 7.88. The van der Waals surface area contributed by atoms with Gasteiger partial charge in [0.15, 0.2) is 0 Å². The molecule has 21 heavy (non-hydrogen) atoms. The Labute approximate surface area is 138 Å². The predicted molar refractivity (Wildman–Crippen MR) is 86.6 cm³/mol. The van der Waals surface area contributed by atoms with E-state index in [4.69, 9.17) is 9.51 Å². The lowest BCUT2D eigenvalue weighted by Crippen LogP contribution is -2.31.